The summed E-state index contributed by atoms with van der Waals surface area (Å²) in [5.74, 6) is 0.226. The molecule has 0 saturated heterocycles. The van der Waals surface area contributed by atoms with Gasteiger partial charge in [0.25, 0.3) is 0 Å². The molecule has 0 aliphatic carbocycles. The van der Waals surface area contributed by atoms with Gasteiger partial charge in [-0.2, -0.15) is 0 Å². The first-order chi connectivity index (χ1) is 10.0. The summed E-state index contributed by atoms with van der Waals surface area (Å²) < 4.78 is 5.11. The van der Waals surface area contributed by atoms with Gasteiger partial charge in [-0.25, -0.2) is 0 Å². The third-order valence-electron chi connectivity index (χ3n) is 3.26. The number of rotatable bonds is 5. The summed E-state index contributed by atoms with van der Waals surface area (Å²) in [6.45, 7) is 2.58. The van der Waals surface area contributed by atoms with Gasteiger partial charge in [0.1, 0.15) is 5.75 Å². The summed E-state index contributed by atoms with van der Waals surface area (Å²) in [6, 6.07) is 10.9. The molecule has 0 saturated carbocycles. The van der Waals surface area contributed by atoms with Gasteiger partial charge in [-0.05, 0) is 48.4 Å². The lowest BCUT2D eigenvalue weighted by Gasteiger charge is -2.11. The molecule has 1 amide bonds. The molecule has 0 atom stereocenters. The van der Waals surface area contributed by atoms with Crippen LogP contribution in [-0.4, -0.2) is 13.0 Å². The molecule has 0 aliphatic rings. The molecule has 21 heavy (non-hydrogen) atoms. The van der Waals surface area contributed by atoms with Crippen LogP contribution in [0, 0.1) is 6.92 Å². The Kier molecular flexibility index (Phi) is 4.70. The Morgan fingerprint density at radius 2 is 2.05 bits per heavy atom. The zero-order chi connectivity index (χ0) is 15.4. The van der Waals surface area contributed by atoms with E-state index in [1.54, 1.807) is 19.2 Å². The number of aryl methyl sites for hydroxylation is 1. The van der Waals surface area contributed by atoms with Crippen LogP contribution < -0.4 is 15.8 Å². The Hall–Kier alpha value is -2.20. The molecule has 0 fully saturated rings. The fourth-order valence-electron chi connectivity index (χ4n) is 2.02. The highest BCUT2D eigenvalue weighted by Gasteiger charge is 2.05. The summed E-state index contributed by atoms with van der Waals surface area (Å²) in [4.78, 5) is 11.1. The van der Waals surface area contributed by atoms with Gasteiger partial charge < -0.3 is 15.8 Å². The second kappa shape index (κ2) is 6.50. The predicted molar refractivity (Wildman–Crippen MR) is 85.0 cm³/mol. The maximum absolute atomic E-state index is 11.1. The van der Waals surface area contributed by atoms with Crippen LogP contribution in [0.3, 0.4) is 0 Å². The van der Waals surface area contributed by atoms with Gasteiger partial charge in [-0.3, -0.25) is 4.79 Å². The van der Waals surface area contributed by atoms with E-state index >= 15 is 0 Å². The molecule has 0 aliphatic heterocycles. The van der Waals surface area contributed by atoms with Crippen LogP contribution in [0.2, 0.25) is 5.02 Å². The number of methoxy groups -OCH3 is 1. The summed E-state index contributed by atoms with van der Waals surface area (Å²) in [7, 11) is 1.58. The van der Waals surface area contributed by atoms with E-state index < -0.39 is 5.91 Å². The molecule has 2 aromatic carbocycles. The molecule has 5 heteroatoms. The van der Waals surface area contributed by atoms with E-state index in [2.05, 4.69) is 5.32 Å². The van der Waals surface area contributed by atoms with Crippen molar-refractivity contribution in [2.24, 2.45) is 5.73 Å². The van der Waals surface area contributed by atoms with Crippen LogP contribution in [0.25, 0.3) is 0 Å². The Labute approximate surface area is 128 Å². The van der Waals surface area contributed by atoms with Crippen molar-refractivity contribution in [2.45, 2.75) is 13.5 Å². The third kappa shape index (κ3) is 3.67. The fourth-order valence-corrected chi connectivity index (χ4v) is 2.28. The summed E-state index contributed by atoms with van der Waals surface area (Å²) in [5.41, 5.74) is 8.78. The van der Waals surface area contributed by atoms with Crippen molar-refractivity contribution in [1.82, 2.24) is 0 Å². The molecule has 3 N–H and O–H groups in total. The smallest absolute Gasteiger partial charge is 0.248 e. The standard InChI is InChI=1S/C16H17ClN2O2/c1-10-7-11(16(18)20)3-4-12(10)9-19-13-5-6-15(21-2)14(17)8-13/h3-8,19H,9H2,1-2H3,(H2,18,20). The number of carbonyl (C=O) groups excluding carboxylic acids is 1. The first-order valence-corrected chi connectivity index (χ1v) is 6.86. The first kappa shape index (κ1) is 15.2. The van der Waals surface area contributed by atoms with Gasteiger partial charge in [-0.15, -0.1) is 0 Å². The van der Waals surface area contributed by atoms with E-state index in [1.807, 2.05) is 31.2 Å². The second-order valence-corrected chi connectivity index (χ2v) is 5.12. The summed E-state index contributed by atoms with van der Waals surface area (Å²) >= 11 is 6.08. The van der Waals surface area contributed by atoms with Crippen molar-refractivity contribution in [1.29, 1.82) is 0 Å². The normalized spacial score (nSPS) is 10.2. The van der Waals surface area contributed by atoms with E-state index in [9.17, 15) is 4.79 Å². The zero-order valence-corrected chi connectivity index (χ0v) is 12.7. The van der Waals surface area contributed by atoms with Crippen molar-refractivity contribution in [3.63, 3.8) is 0 Å². The van der Waals surface area contributed by atoms with Crippen molar-refractivity contribution >= 4 is 23.2 Å². The summed E-state index contributed by atoms with van der Waals surface area (Å²) in [5, 5.41) is 3.85. The number of hydrogen-bond donors (Lipinski definition) is 2. The molecule has 110 valence electrons. The third-order valence-corrected chi connectivity index (χ3v) is 3.56. The second-order valence-electron chi connectivity index (χ2n) is 4.71. The van der Waals surface area contributed by atoms with Crippen molar-refractivity contribution in [2.75, 3.05) is 12.4 Å². The minimum absolute atomic E-state index is 0.417. The molecular weight excluding hydrogens is 288 g/mol. The molecule has 2 rings (SSSR count). The van der Waals surface area contributed by atoms with Crippen LogP contribution >= 0.6 is 11.6 Å². The molecule has 0 unspecified atom stereocenters. The number of ether oxygens (including phenoxy) is 1. The molecule has 0 heterocycles. The monoisotopic (exact) mass is 304 g/mol. The van der Waals surface area contributed by atoms with Gasteiger partial charge in [0.15, 0.2) is 0 Å². The molecule has 0 radical (unpaired) electrons. The maximum Gasteiger partial charge on any atom is 0.248 e. The number of nitrogens with one attached hydrogen (secondary N) is 1. The number of carbonyl (C=O) groups is 1. The topological polar surface area (TPSA) is 64.3 Å². The highest BCUT2D eigenvalue weighted by molar-refractivity contribution is 6.32. The lowest BCUT2D eigenvalue weighted by atomic mass is 10.0. The Balaban J connectivity index is 2.09. The van der Waals surface area contributed by atoms with E-state index in [0.29, 0.717) is 22.9 Å². The van der Waals surface area contributed by atoms with Gasteiger partial charge in [0.05, 0.1) is 12.1 Å². The van der Waals surface area contributed by atoms with Gasteiger partial charge in [0.2, 0.25) is 5.91 Å². The number of hydrogen-bond acceptors (Lipinski definition) is 3. The average Bonchev–Trinajstić information content (AvgIpc) is 2.46. The van der Waals surface area contributed by atoms with E-state index in [4.69, 9.17) is 22.1 Å². The lowest BCUT2D eigenvalue weighted by Crippen LogP contribution is -2.11. The number of nitrogens with two attached hydrogens (primary N) is 1. The maximum atomic E-state index is 11.1. The number of benzene rings is 2. The SMILES string of the molecule is COc1ccc(NCc2ccc(C(N)=O)cc2C)cc1Cl. The number of halogens is 1. The molecular formula is C16H17ClN2O2. The Morgan fingerprint density at radius 1 is 1.29 bits per heavy atom. The van der Waals surface area contributed by atoms with Gasteiger partial charge in [-0.1, -0.05) is 17.7 Å². The van der Waals surface area contributed by atoms with Gasteiger partial charge in [0, 0.05) is 17.8 Å². The highest BCUT2D eigenvalue weighted by atomic mass is 35.5. The van der Waals surface area contributed by atoms with Crippen LogP contribution in [0.5, 0.6) is 5.75 Å². The zero-order valence-electron chi connectivity index (χ0n) is 11.9. The quantitative estimate of drug-likeness (QED) is 0.890. The predicted octanol–water partition coefficient (Wildman–Crippen LogP) is 3.37. The largest absolute Gasteiger partial charge is 0.495 e. The fraction of sp³-hybridized carbons (Fsp3) is 0.188. The van der Waals surface area contributed by atoms with E-state index in [-0.39, 0.29) is 0 Å². The molecule has 2 aromatic rings. The molecule has 0 spiro atoms. The van der Waals surface area contributed by atoms with Crippen molar-refractivity contribution in [3.8, 4) is 5.75 Å². The minimum Gasteiger partial charge on any atom is -0.495 e. The molecule has 0 bridgehead atoms. The average molecular weight is 305 g/mol. The van der Waals surface area contributed by atoms with Crippen LogP contribution in [-0.2, 0) is 6.54 Å². The van der Waals surface area contributed by atoms with E-state index in [0.717, 1.165) is 16.8 Å². The van der Waals surface area contributed by atoms with Crippen molar-refractivity contribution in [3.05, 3.63) is 58.1 Å². The van der Waals surface area contributed by atoms with E-state index in [1.165, 1.54) is 0 Å². The van der Waals surface area contributed by atoms with Gasteiger partial charge >= 0.3 is 0 Å². The van der Waals surface area contributed by atoms with Crippen LogP contribution in [0.1, 0.15) is 21.5 Å². The number of amides is 1. The Bertz CT molecular complexity index is 671. The first-order valence-electron chi connectivity index (χ1n) is 6.48. The Morgan fingerprint density at radius 3 is 2.62 bits per heavy atom. The minimum atomic E-state index is -0.417. The van der Waals surface area contributed by atoms with Crippen molar-refractivity contribution < 1.29 is 9.53 Å². The molecule has 4 nitrogen and oxygen atoms in total. The number of primary amides is 1. The molecule has 0 aromatic heterocycles. The van der Waals surface area contributed by atoms with Crippen LogP contribution in [0.15, 0.2) is 36.4 Å². The van der Waals surface area contributed by atoms with Crippen LogP contribution in [0.4, 0.5) is 5.69 Å². The number of anilines is 1. The lowest BCUT2D eigenvalue weighted by molar-refractivity contribution is 0.1000. The highest BCUT2D eigenvalue weighted by Crippen LogP contribution is 2.27. The summed E-state index contributed by atoms with van der Waals surface area (Å²) in [6.07, 6.45) is 0.